The van der Waals surface area contributed by atoms with E-state index < -0.39 is 23.4 Å². The van der Waals surface area contributed by atoms with Gasteiger partial charge >= 0.3 is 5.97 Å². The zero-order chi connectivity index (χ0) is 19.1. The van der Waals surface area contributed by atoms with Gasteiger partial charge in [-0.1, -0.05) is 28.1 Å². The van der Waals surface area contributed by atoms with E-state index in [-0.39, 0.29) is 5.69 Å². The van der Waals surface area contributed by atoms with Gasteiger partial charge in [-0.3, -0.25) is 14.9 Å². The summed E-state index contributed by atoms with van der Waals surface area (Å²) in [5, 5.41) is 13.2. The number of ether oxygens (including phenoxy) is 1. The smallest absolute Gasteiger partial charge is 0.331 e. The van der Waals surface area contributed by atoms with Gasteiger partial charge in [0.05, 0.1) is 10.6 Å². The summed E-state index contributed by atoms with van der Waals surface area (Å²) in [4.78, 5) is 33.6. The lowest BCUT2D eigenvalue weighted by Crippen LogP contribution is -2.20. The van der Waals surface area contributed by atoms with Gasteiger partial charge in [-0.25, -0.2) is 4.79 Å². The van der Waals surface area contributed by atoms with Crippen molar-refractivity contribution in [3.05, 3.63) is 73.2 Å². The molecule has 1 amide bonds. The van der Waals surface area contributed by atoms with Crippen molar-refractivity contribution in [2.75, 3.05) is 11.9 Å². The number of hydrogen-bond acceptors (Lipinski definition) is 5. The second-order valence-corrected chi connectivity index (χ2v) is 6.73. The monoisotopic (exact) mass is 482 g/mol. The first-order valence-electron chi connectivity index (χ1n) is 7.19. The minimum Gasteiger partial charge on any atom is -0.452 e. The largest absolute Gasteiger partial charge is 0.452 e. The highest BCUT2D eigenvalue weighted by molar-refractivity contribution is 9.10. The molecule has 26 heavy (non-hydrogen) atoms. The molecule has 0 saturated carbocycles. The summed E-state index contributed by atoms with van der Waals surface area (Å²) in [6, 6.07) is 11.2. The number of halogens is 2. The molecule has 0 saturated heterocycles. The van der Waals surface area contributed by atoms with E-state index in [4.69, 9.17) is 4.74 Å². The molecule has 0 atom stereocenters. The molecule has 0 unspecified atom stereocenters. The number of benzene rings is 2. The average Bonchev–Trinajstić information content (AvgIpc) is 2.61. The highest BCUT2D eigenvalue weighted by Gasteiger charge is 2.12. The molecule has 0 heterocycles. The molecule has 2 aromatic rings. The number of nitrogens with one attached hydrogen (secondary N) is 1. The number of rotatable bonds is 6. The summed E-state index contributed by atoms with van der Waals surface area (Å²) in [5.41, 5.74) is 1.03. The van der Waals surface area contributed by atoms with E-state index >= 15 is 0 Å². The first-order chi connectivity index (χ1) is 12.3. The molecule has 0 aliphatic carbocycles. The SMILES string of the molecule is O=C(COC(=O)/C=C/c1ccc(Br)cc1)Nc1ccc([N+](=O)[O-])cc1Br. The lowest BCUT2D eigenvalue weighted by atomic mass is 10.2. The van der Waals surface area contributed by atoms with E-state index in [1.54, 1.807) is 6.08 Å². The number of hydrogen-bond donors (Lipinski definition) is 1. The number of carbonyl (C=O) groups is 2. The highest BCUT2D eigenvalue weighted by Crippen LogP contribution is 2.27. The van der Waals surface area contributed by atoms with E-state index in [9.17, 15) is 19.7 Å². The zero-order valence-electron chi connectivity index (χ0n) is 13.1. The minimum absolute atomic E-state index is 0.112. The predicted molar refractivity (Wildman–Crippen MR) is 104 cm³/mol. The Balaban J connectivity index is 1.85. The summed E-state index contributed by atoms with van der Waals surface area (Å²) in [7, 11) is 0. The number of amides is 1. The Labute approximate surface area is 165 Å². The van der Waals surface area contributed by atoms with Gasteiger partial charge in [0.15, 0.2) is 6.61 Å². The molecule has 134 valence electrons. The first-order valence-corrected chi connectivity index (χ1v) is 8.78. The summed E-state index contributed by atoms with van der Waals surface area (Å²) < 4.78 is 6.12. The van der Waals surface area contributed by atoms with Crippen LogP contribution in [0.1, 0.15) is 5.56 Å². The Morgan fingerprint density at radius 1 is 1.15 bits per heavy atom. The van der Waals surface area contributed by atoms with Crippen LogP contribution in [0, 0.1) is 10.1 Å². The Morgan fingerprint density at radius 2 is 1.85 bits per heavy atom. The fourth-order valence-corrected chi connectivity index (χ4v) is 2.56. The van der Waals surface area contributed by atoms with Crippen LogP contribution in [-0.2, 0) is 14.3 Å². The molecule has 2 aromatic carbocycles. The van der Waals surface area contributed by atoms with Crippen molar-refractivity contribution in [1.82, 2.24) is 0 Å². The molecule has 0 fully saturated rings. The number of carbonyl (C=O) groups excluding carboxylic acids is 2. The summed E-state index contributed by atoms with van der Waals surface area (Å²) >= 11 is 6.45. The van der Waals surface area contributed by atoms with Gasteiger partial charge < -0.3 is 10.1 Å². The van der Waals surface area contributed by atoms with Gasteiger partial charge in [-0.05, 0) is 45.8 Å². The fourth-order valence-electron chi connectivity index (χ4n) is 1.83. The fraction of sp³-hybridized carbons (Fsp3) is 0.0588. The van der Waals surface area contributed by atoms with Crippen LogP contribution in [0.15, 0.2) is 57.5 Å². The van der Waals surface area contributed by atoms with Crippen molar-refractivity contribution in [2.45, 2.75) is 0 Å². The van der Waals surface area contributed by atoms with Crippen LogP contribution in [0.25, 0.3) is 6.08 Å². The van der Waals surface area contributed by atoms with Crippen molar-refractivity contribution >= 4 is 61.2 Å². The molecule has 0 aliphatic rings. The number of nitro groups is 1. The number of esters is 1. The van der Waals surface area contributed by atoms with Crippen LogP contribution in [0.5, 0.6) is 0 Å². The molecule has 2 rings (SSSR count). The van der Waals surface area contributed by atoms with Crippen molar-refractivity contribution in [3.63, 3.8) is 0 Å². The standard InChI is InChI=1S/C17H12Br2N2O5/c18-12-4-1-11(2-5-12)3-8-17(23)26-10-16(22)20-15-7-6-13(21(24)25)9-14(15)19/h1-9H,10H2,(H,20,22)/b8-3+. The van der Waals surface area contributed by atoms with Gasteiger partial charge in [0.25, 0.3) is 11.6 Å². The Hall–Kier alpha value is -2.52. The van der Waals surface area contributed by atoms with Crippen LogP contribution in [0.4, 0.5) is 11.4 Å². The second kappa shape index (κ2) is 9.25. The maximum atomic E-state index is 11.8. The molecule has 1 N–H and O–H groups in total. The molecule has 9 heteroatoms. The van der Waals surface area contributed by atoms with E-state index in [1.165, 1.54) is 24.3 Å². The van der Waals surface area contributed by atoms with Gasteiger partial charge in [-0.2, -0.15) is 0 Å². The first kappa shape index (κ1) is 19.8. The predicted octanol–water partition coefficient (Wildman–Crippen LogP) is 4.31. The zero-order valence-corrected chi connectivity index (χ0v) is 16.3. The molecule has 0 aliphatic heterocycles. The maximum absolute atomic E-state index is 11.8. The van der Waals surface area contributed by atoms with Crippen molar-refractivity contribution < 1.29 is 19.2 Å². The van der Waals surface area contributed by atoms with Crippen LogP contribution in [-0.4, -0.2) is 23.4 Å². The van der Waals surface area contributed by atoms with Crippen LogP contribution in [0.2, 0.25) is 0 Å². The third kappa shape index (κ3) is 6.08. The van der Waals surface area contributed by atoms with E-state index in [2.05, 4.69) is 37.2 Å². The van der Waals surface area contributed by atoms with E-state index in [0.717, 1.165) is 10.0 Å². The number of anilines is 1. The van der Waals surface area contributed by atoms with Crippen molar-refractivity contribution in [3.8, 4) is 0 Å². The molecule has 0 bridgehead atoms. The summed E-state index contributed by atoms with van der Waals surface area (Å²) in [6.07, 6.45) is 2.79. The van der Waals surface area contributed by atoms with Crippen LogP contribution >= 0.6 is 31.9 Å². The minimum atomic E-state index is -0.661. The number of nitro benzene ring substituents is 1. The van der Waals surface area contributed by atoms with Gasteiger partial charge in [-0.15, -0.1) is 0 Å². The van der Waals surface area contributed by atoms with Crippen molar-refractivity contribution in [2.24, 2.45) is 0 Å². The Morgan fingerprint density at radius 3 is 2.46 bits per heavy atom. The number of nitrogens with zero attached hydrogens (tertiary/aromatic N) is 1. The van der Waals surface area contributed by atoms with Gasteiger partial charge in [0.1, 0.15) is 0 Å². The lowest BCUT2D eigenvalue weighted by molar-refractivity contribution is -0.384. The third-order valence-electron chi connectivity index (χ3n) is 3.06. The third-order valence-corrected chi connectivity index (χ3v) is 4.25. The number of non-ortho nitro benzene ring substituents is 1. The second-order valence-electron chi connectivity index (χ2n) is 4.96. The van der Waals surface area contributed by atoms with E-state index in [1.807, 2.05) is 24.3 Å². The molecular formula is C17H12Br2N2O5. The van der Waals surface area contributed by atoms with Crippen LogP contribution in [0.3, 0.4) is 0 Å². The Kier molecular flexibility index (Phi) is 7.05. The highest BCUT2D eigenvalue weighted by atomic mass is 79.9. The Bertz CT molecular complexity index is 866. The molecule has 7 nitrogen and oxygen atoms in total. The average molecular weight is 484 g/mol. The summed E-state index contributed by atoms with van der Waals surface area (Å²) in [6.45, 7) is -0.479. The lowest BCUT2D eigenvalue weighted by Gasteiger charge is -2.07. The maximum Gasteiger partial charge on any atom is 0.331 e. The molecule has 0 radical (unpaired) electrons. The van der Waals surface area contributed by atoms with E-state index in [0.29, 0.717) is 10.2 Å². The molecular weight excluding hydrogens is 472 g/mol. The van der Waals surface area contributed by atoms with Crippen LogP contribution < -0.4 is 5.32 Å². The van der Waals surface area contributed by atoms with Crippen molar-refractivity contribution in [1.29, 1.82) is 0 Å². The quantitative estimate of drug-likeness (QED) is 0.285. The van der Waals surface area contributed by atoms with Gasteiger partial charge in [0, 0.05) is 27.2 Å². The normalized spacial score (nSPS) is 10.5. The topological polar surface area (TPSA) is 98.5 Å². The molecule has 0 aromatic heterocycles. The van der Waals surface area contributed by atoms with Gasteiger partial charge in [0.2, 0.25) is 0 Å². The summed E-state index contributed by atoms with van der Waals surface area (Å²) in [5.74, 6) is -1.23. The molecule has 0 spiro atoms.